The fourth-order valence-corrected chi connectivity index (χ4v) is 1.51. The lowest BCUT2D eigenvalue weighted by Gasteiger charge is -2.10. The summed E-state index contributed by atoms with van der Waals surface area (Å²) in [7, 11) is 0. The summed E-state index contributed by atoms with van der Waals surface area (Å²) in [6.07, 6.45) is 2.47. The molecule has 0 atom stereocenters. The number of benzene rings is 1. The molecule has 0 spiro atoms. The van der Waals surface area contributed by atoms with E-state index in [1.165, 1.54) is 5.56 Å². The molecule has 0 heterocycles. The molecule has 0 saturated heterocycles. The highest BCUT2D eigenvalue weighted by Crippen LogP contribution is 2.18. The number of primary amides is 1. The molecule has 1 amide bonds. The van der Waals surface area contributed by atoms with E-state index in [0.29, 0.717) is 12.0 Å². The van der Waals surface area contributed by atoms with Crippen LogP contribution >= 0.6 is 0 Å². The minimum absolute atomic E-state index is 0.370. The molecule has 1 rings (SSSR count). The first-order valence-electron chi connectivity index (χ1n) is 4.57. The Morgan fingerprint density at radius 1 is 1.50 bits per heavy atom. The van der Waals surface area contributed by atoms with Crippen molar-refractivity contribution in [3.05, 3.63) is 47.0 Å². The SMILES string of the molecule is C=CCc1c(C(N)=O)ccc(C)c1C. The molecule has 74 valence electrons. The summed E-state index contributed by atoms with van der Waals surface area (Å²) in [5.41, 5.74) is 9.19. The van der Waals surface area contributed by atoms with Gasteiger partial charge in [-0.25, -0.2) is 0 Å². The summed E-state index contributed by atoms with van der Waals surface area (Å²) >= 11 is 0. The summed E-state index contributed by atoms with van der Waals surface area (Å²) in [6.45, 7) is 7.70. The van der Waals surface area contributed by atoms with Gasteiger partial charge in [-0.15, -0.1) is 6.58 Å². The van der Waals surface area contributed by atoms with E-state index in [2.05, 4.69) is 6.58 Å². The van der Waals surface area contributed by atoms with Crippen molar-refractivity contribution < 1.29 is 4.79 Å². The van der Waals surface area contributed by atoms with Crippen molar-refractivity contribution in [2.45, 2.75) is 20.3 Å². The molecule has 14 heavy (non-hydrogen) atoms. The maximum Gasteiger partial charge on any atom is 0.248 e. The Hall–Kier alpha value is -1.57. The summed E-state index contributed by atoms with van der Waals surface area (Å²) in [5.74, 6) is -0.370. The Morgan fingerprint density at radius 3 is 2.64 bits per heavy atom. The number of nitrogens with two attached hydrogens (primary N) is 1. The van der Waals surface area contributed by atoms with Crippen LogP contribution in [0.5, 0.6) is 0 Å². The van der Waals surface area contributed by atoms with Gasteiger partial charge in [0.2, 0.25) is 5.91 Å². The maximum atomic E-state index is 11.1. The van der Waals surface area contributed by atoms with Gasteiger partial charge >= 0.3 is 0 Å². The quantitative estimate of drug-likeness (QED) is 0.727. The minimum atomic E-state index is -0.370. The Balaban J connectivity index is 3.36. The molecular formula is C12H15NO. The molecule has 2 nitrogen and oxygen atoms in total. The number of amides is 1. The van der Waals surface area contributed by atoms with Crippen LogP contribution in [0, 0.1) is 13.8 Å². The van der Waals surface area contributed by atoms with Crippen molar-refractivity contribution >= 4 is 5.91 Å². The maximum absolute atomic E-state index is 11.1. The van der Waals surface area contributed by atoms with E-state index in [1.807, 2.05) is 19.9 Å². The van der Waals surface area contributed by atoms with Gasteiger partial charge in [0.05, 0.1) is 0 Å². The number of hydrogen-bond donors (Lipinski definition) is 1. The zero-order valence-corrected chi connectivity index (χ0v) is 8.63. The molecule has 0 saturated carbocycles. The van der Waals surface area contributed by atoms with Gasteiger partial charge in [-0.3, -0.25) is 4.79 Å². The Kier molecular flexibility index (Phi) is 3.07. The molecule has 1 aromatic rings. The fourth-order valence-electron chi connectivity index (χ4n) is 1.51. The summed E-state index contributed by atoms with van der Waals surface area (Å²) in [5, 5.41) is 0. The van der Waals surface area contributed by atoms with Crippen molar-refractivity contribution in [1.29, 1.82) is 0 Å². The van der Waals surface area contributed by atoms with Crippen LogP contribution in [0.4, 0.5) is 0 Å². The van der Waals surface area contributed by atoms with Crippen LogP contribution in [-0.4, -0.2) is 5.91 Å². The van der Waals surface area contributed by atoms with Crippen LogP contribution in [0.15, 0.2) is 24.8 Å². The summed E-state index contributed by atoms with van der Waals surface area (Å²) < 4.78 is 0. The minimum Gasteiger partial charge on any atom is -0.366 e. The normalized spacial score (nSPS) is 9.86. The number of carbonyl (C=O) groups is 1. The van der Waals surface area contributed by atoms with Crippen molar-refractivity contribution in [3.63, 3.8) is 0 Å². The monoisotopic (exact) mass is 189 g/mol. The van der Waals surface area contributed by atoms with Gasteiger partial charge in [0.1, 0.15) is 0 Å². The first-order valence-corrected chi connectivity index (χ1v) is 4.57. The van der Waals surface area contributed by atoms with E-state index in [-0.39, 0.29) is 5.91 Å². The highest BCUT2D eigenvalue weighted by molar-refractivity contribution is 5.94. The van der Waals surface area contributed by atoms with Gasteiger partial charge in [0, 0.05) is 5.56 Å². The summed E-state index contributed by atoms with van der Waals surface area (Å²) in [6, 6.07) is 3.70. The van der Waals surface area contributed by atoms with E-state index in [1.54, 1.807) is 12.1 Å². The fraction of sp³-hybridized carbons (Fsp3) is 0.250. The van der Waals surface area contributed by atoms with Crippen molar-refractivity contribution in [2.75, 3.05) is 0 Å². The predicted molar refractivity (Wildman–Crippen MR) is 58.3 cm³/mol. The zero-order valence-electron chi connectivity index (χ0n) is 8.63. The number of hydrogen-bond acceptors (Lipinski definition) is 1. The first-order chi connectivity index (χ1) is 6.57. The lowest BCUT2D eigenvalue weighted by Crippen LogP contribution is -2.14. The molecule has 0 aromatic heterocycles. The van der Waals surface area contributed by atoms with Crippen molar-refractivity contribution in [2.24, 2.45) is 5.73 Å². The molecular weight excluding hydrogens is 174 g/mol. The van der Waals surface area contributed by atoms with E-state index < -0.39 is 0 Å². The van der Waals surface area contributed by atoms with Crippen LogP contribution in [0.25, 0.3) is 0 Å². The third kappa shape index (κ3) is 1.84. The van der Waals surface area contributed by atoms with Crippen LogP contribution in [0.3, 0.4) is 0 Å². The lowest BCUT2D eigenvalue weighted by atomic mass is 9.95. The zero-order chi connectivity index (χ0) is 10.7. The summed E-state index contributed by atoms with van der Waals surface area (Å²) in [4.78, 5) is 11.1. The molecule has 0 aliphatic rings. The Labute approximate surface area is 84.4 Å². The molecule has 0 aliphatic heterocycles. The standard InChI is InChI=1S/C12H15NO/c1-4-5-10-9(3)8(2)6-7-11(10)12(13)14/h4,6-7H,1,5H2,2-3H3,(H2,13,14). The van der Waals surface area contributed by atoms with Gasteiger partial charge in [-0.1, -0.05) is 12.1 Å². The molecule has 0 aliphatic carbocycles. The predicted octanol–water partition coefficient (Wildman–Crippen LogP) is 2.13. The van der Waals surface area contributed by atoms with Gasteiger partial charge in [-0.05, 0) is 43.0 Å². The highest BCUT2D eigenvalue weighted by atomic mass is 16.1. The third-order valence-electron chi connectivity index (χ3n) is 2.48. The number of aryl methyl sites for hydroxylation is 1. The second-order valence-corrected chi connectivity index (χ2v) is 3.39. The second-order valence-electron chi connectivity index (χ2n) is 3.39. The van der Waals surface area contributed by atoms with Gasteiger partial charge < -0.3 is 5.73 Å². The first kappa shape index (κ1) is 10.5. The van der Waals surface area contributed by atoms with Crippen LogP contribution < -0.4 is 5.73 Å². The molecule has 2 heteroatoms. The molecule has 0 fully saturated rings. The van der Waals surface area contributed by atoms with Gasteiger partial charge in [0.15, 0.2) is 0 Å². The molecule has 0 radical (unpaired) electrons. The largest absolute Gasteiger partial charge is 0.366 e. The van der Waals surface area contributed by atoms with E-state index in [0.717, 1.165) is 11.1 Å². The average Bonchev–Trinajstić information content (AvgIpc) is 2.13. The number of carbonyl (C=O) groups excluding carboxylic acids is 1. The number of rotatable bonds is 3. The van der Waals surface area contributed by atoms with Gasteiger partial charge in [-0.2, -0.15) is 0 Å². The van der Waals surface area contributed by atoms with Crippen LogP contribution in [-0.2, 0) is 6.42 Å². The van der Waals surface area contributed by atoms with Crippen molar-refractivity contribution in [3.8, 4) is 0 Å². The molecule has 0 unspecified atom stereocenters. The smallest absolute Gasteiger partial charge is 0.248 e. The topological polar surface area (TPSA) is 43.1 Å². The second kappa shape index (κ2) is 4.09. The van der Waals surface area contributed by atoms with E-state index >= 15 is 0 Å². The Bertz CT molecular complexity index is 380. The third-order valence-corrected chi connectivity index (χ3v) is 2.48. The van der Waals surface area contributed by atoms with Crippen LogP contribution in [0.2, 0.25) is 0 Å². The highest BCUT2D eigenvalue weighted by Gasteiger charge is 2.10. The van der Waals surface area contributed by atoms with E-state index in [4.69, 9.17) is 5.73 Å². The molecule has 2 N–H and O–H groups in total. The number of allylic oxidation sites excluding steroid dienone is 1. The molecule has 1 aromatic carbocycles. The van der Waals surface area contributed by atoms with Crippen LogP contribution in [0.1, 0.15) is 27.0 Å². The Morgan fingerprint density at radius 2 is 2.14 bits per heavy atom. The van der Waals surface area contributed by atoms with Gasteiger partial charge in [0.25, 0.3) is 0 Å². The lowest BCUT2D eigenvalue weighted by molar-refractivity contribution is 0.0999. The average molecular weight is 189 g/mol. The van der Waals surface area contributed by atoms with Crippen molar-refractivity contribution in [1.82, 2.24) is 0 Å². The van der Waals surface area contributed by atoms with E-state index in [9.17, 15) is 4.79 Å². The molecule has 0 bridgehead atoms.